The molecule has 4 nitrogen and oxygen atoms in total. The van der Waals surface area contributed by atoms with Crippen LogP contribution in [-0.2, 0) is 4.79 Å². The van der Waals surface area contributed by atoms with Gasteiger partial charge in [-0.15, -0.1) is 0 Å². The van der Waals surface area contributed by atoms with Gasteiger partial charge in [-0.05, 0) is 29.2 Å². The third kappa shape index (κ3) is 3.24. The minimum Gasteiger partial charge on any atom is -0.478 e. The molecule has 0 radical (unpaired) electrons. The van der Waals surface area contributed by atoms with E-state index in [4.69, 9.17) is 16.6 Å². The van der Waals surface area contributed by atoms with Crippen molar-refractivity contribution < 1.29 is 9.90 Å². The number of nitrogen functional groups attached to an aromatic ring is 2. The lowest BCUT2D eigenvalue weighted by molar-refractivity contribution is -0.133. The van der Waals surface area contributed by atoms with Gasteiger partial charge in [0.1, 0.15) is 0 Å². The maximum absolute atomic E-state index is 11.2. The Hall–Kier alpha value is -1.97. The topological polar surface area (TPSA) is 89.3 Å². The van der Waals surface area contributed by atoms with Crippen molar-refractivity contribution in [1.82, 2.24) is 0 Å². The van der Waals surface area contributed by atoms with E-state index in [0.29, 0.717) is 16.9 Å². The van der Waals surface area contributed by atoms with Crippen LogP contribution in [-0.4, -0.2) is 11.1 Å². The summed E-state index contributed by atoms with van der Waals surface area (Å²) in [5.41, 5.74) is 12.9. The van der Waals surface area contributed by atoms with Gasteiger partial charge < -0.3 is 16.6 Å². The van der Waals surface area contributed by atoms with Crippen LogP contribution in [0.2, 0.25) is 0 Å². The van der Waals surface area contributed by atoms with E-state index in [2.05, 4.69) is 0 Å². The third-order valence-corrected chi connectivity index (χ3v) is 2.46. The molecule has 0 atom stereocenters. The molecule has 1 aromatic rings. The molecule has 92 valence electrons. The Balaban J connectivity index is 3.23. The summed E-state index contributed by atoms with van der Waals surface area (Å²) < 4.78 is 0. The Bertz CT molecular complexity index is 471. The first-order valence-corrected chi connectivity index (χ1v) is 5.32. The number of nitrogens with two attached hydrogens (primary N) is 2. The number of carbonyl (C=O) groups is 1. The lowest BCUT2D eigenvalue weighted by Crippen LogP contribution is -2.17. The SMILES string of the molecule is CC(C)(C)C(=Cc1ccc(N)c(N)c1)C(=O)O. The zero-order valence-electron chi connectivity index (χ0n) is 10.3. The molecule has 5 N–H and O–H groups in total. The highest BCUT2D eigenvalue weighted by molar-refractivity contribution is 5.93. The van der Waals surface area contributed by atoms with Gasteiger partial charge in [0.25, 0.3) is 0 Å². The molecule has 0 fully saturated rings. The molecule has 0 amide bonds. The number of anilines is 2. The van der Waals surface area contributed by atoms with Crippen LogP contribution in [0.4, 0.5) is 11.4 Å². The second-order valence-corrected chi connectivity index (χ2v) is 5.00. The van der Waals surface area contributed by atoms with Crippen LogP contribution in [0.5, 0.6) is 0 Å². The summed E-state index contributed by atoms with van der Waals surface area (Å²) in [5, 5.41) is 9.17. The third-order valence-electron chi connectivity index (χ3n) is 2.46. The standard InChI is InChI=1S/C13H18N2O2/c1-13(2,3)9(12(16)17)6-8-4-5-10(14)11(15)7-8/h4-7H,14-15H2,1-3H3,(H,16,17). The highest BCUT2D eigenvalue weighted by Crippen LogP contribution is 2.28. The van der Waals surface area contributed by atoms with Gasteiger partial charge in [0.2, 0.25) is 0 Å². The molecule has 4 heteroatoms. The van der Waals surface area contributed by atoms with Gasteiger partial charge in [0, 0.05) is 5.57 Å². The van der Waals surface area contributed by atoms with Crippen molar-refractivity contribution in [2.75, 3.05) is 11.5 Å². The molecule has 0 aromatic heterocycles. The molecule has 0 saturated heterocycles. The zero-order chi connectivity index (χ0) is 13.2. The van der Waals surface area contributed by atoms with Crippen LogP contribution >= 0.6 is 0 Å². The fraction of sp³-hybridized carbons (Fsp3) is 0.308. The van der Waals surface area contributed by atoms with Crippen LogP contribution in [0, 0.1) is 5.41 Å². The van der Waals surface area contributed by atoms with E-state index in [1.165, 1.54) is 0 Å². The van der Waals surface area contributed by atoms with Crippen LogP contribution in [0.15, 0.2) is 23.8 Å². The number of hydrogen-bond acceptors (Lipinski definition) is 3. The largest absolute Gasteiger partial charge is 0.478 e. The quantitative estimate of drug-likeness (QED) is 0.541. The molecule has 0 aliphatic rings. The normalized spacial score (nSPS) is 12.5. The Labute approximate surface area is 101 Å². The Morgan fingerprint density at radius 3 is 2.24 bits per heavy atom. The molecule has 0 saturated carbocycles. The predicted octanol–water partition coefficient (Wildman–Crippen LogP) is 2.37. The molecule has 0 aliphatic heterocycles. The van der Waals surface area contributed by atoms with Crippen molar-refractivity contribution in [3.05, 3.63) is 29.3 Å². The monoisotopic (exact) mass is 234 g/mol. The number of hydrogen-bond donors (Lipinski definition) is 3. The predicted molar refractivity (Wildman–Crippen MR) is 70.3 cm³/mol. The van der Waals surface area contributed by atoms with Crippen LogP contribution < -0.4 is 11.5 Å². The maximum Gasteiger partial charge on any atom is 0.332 e. The fourth-order valence-corrected chi connectivity index (χ4v) is 1.45. The molecule has 1 rings (SSSR count). The van der Waals surface area contributed by atoms with Gasteiger partial charge in [-0.1, -0.05) is 26.8 Å². The summed E-state index contributed by atoms with van der Waals surface area (Å²) >= 11 is 0. The van der Waals surface area contributed by atoms with Crippen molar-refractivity contribution in [2.45, 2.75) is 20.8 Å². The van der Waals surface area contributed by atoms with Gasteiger partial charge in [-0.2, -0.15) is 0 Å². The summed E-state index contributed by atoms with van der Waals surface area (Å²) in [7, 11) is 0. The van der Waals surface area contributed by atoms with Crippen molar-refractivity contribution >= 4 is 23.4 Å². The molecule has 0 bridgehead atoms. The minimum atomic E-state index is -0.923. The van der Waals surface area contributed by atoms with E-state index >= 15 is 0 Å². The molecular weight excluding hydrogens is 216 g/mol. The Morgan fingerprint density at radius 1 is 1.24 bits per heavy atom. The second-order valence-electron chi connectivity index (χ2n) is 5.00. The highest BCUT2D eigenvalue weighted by atomic mass is 16.4. The van der Waals surface area contributed by atoms with Crippen LogP contribution in [0.25, 0.3) is 6.08 Å². The maximum atomic E-state index is 11.2. The van der Waals surface area contributed by atoms with E-state index < -0.39 is 11.4 Å². The van der Waals surface area contributed by atoms with Gasteiger partial charge in [-0.25, -0.2) is 4.79 Å². The molecule has 0 unspecified atom stereocenters. The molecule has 0 spiro atoms. The molecule has 0 heterocycles. The Kier molecular flexibility index (Phi) is 3.46. The van der Waals surface area contributed by atoms with Gasteiger partial charge >= 0.3 is 5.97 Å². The number of rotatable bonds is 2. The fourth-order valence-electron chi connectivity index (χ4n) is 1.45. The molecule has 17 heavy (non-hydrogen) atoms. The minimum absolute atomic E-state index is 0.335. The van der Waals surface area contributed by atoms with Crippen molar-refractivity contribution in [1.29, 1.82) is 0 Å². The van der Waals surface area contributed by atoms with E-state index in [1.807, 2.05) is 20.8 Å². The molecule has 1 aromatic carbocycles. The second kappa shape index (κ2) is 4.49. The average molecular weight is 234 g/mol. The first-order valence-electron chi connectivity index (χ1n) is 5.32. The van der Waals surface area contributed by atoms with Crippen molar-refractivity contribution in [3.8, 4) is 0 Å². The summed E-state index contributed by atoms with van der Waals surface area (Å²) in [6, 6.07) is 5.09. The molecular formula is C13H18N2O2. The van der Waals surface area contributed by atoms with Gasteiger partial charge in [-0.3, -0.25) is 0 Å². The lowest BCUT2D eigenvalue weighted by Gasteiger charge is -2.19. The summed E-state index contributed by atoms with van der Waals surface area (Å²) in [4.78, 5) is 11.2. The van der Waals surface area contributed by atoms with E-state index in [0.717, 1.165) is 5.56 Å². The van der Waals surface area contributed by atoms with Crippen LogP contribution in [0.1, 0.15) is 26.3 Å². The average Bonchev–Trinajstić information content (AvgIpc) is 2.17. The summed E-state index contributed by atoms with van der Waals surface area (Å²) in [6.07, 6.45) is 1.62. The number of carboxylic acids is 1. The number of carboxylic acid groups (broad SMARTS) is 1. The zero-order valence-corrected chi connectivity index (χ0v) is 10.3. The van der Waals surface area contributed by atoms with E-state index in [9.17, 15) is 4.79 Å². The number of benzene rings is 1. The summed E-state index contributed by atoms with van der Waals surface area (Å²) in [6.45, 7) is 5.56. The summed E-state index contributed by atoms with van der Waals surface area (Å²) in [5.74, 6) is -0.923. The van der Waals surface area contributed by atoms with E-state index in [1.54, 1.807) is 24.3 Å². The highest BCUT2D eigenvalue weighted by Gasteiger charge is 2.23. The smallest absolute Gasteiger partial charge is 0.332 e. The van der Waals surface area contributed by atoms with Crippen molar-refractivity contribution in [2.24, 2.45) is 5.41 Å². The lowest BCUT2D eigenvalue weighted by atomic mass is 9.85. The first kappa shape index (κ1) is 13.1. The molecule has 0 aliphatic carbocycles. The van der Waals surface area contributed by atoms with Gasteiger partial charge in [0.05, 0.1) is 11.4 Å². The number of aliphatic carboxylic acids is 1. The van der Waals surface area contributed by atoms with E-state index in [-0.39, 0.29) is 0 Å². The Morgan fingerprint density at radius 2 is 1.82 bits per heavy atom. The van der Waals surface area contributed by atoms with Crippen molar-refractivity contribution in [3.63, 3.8) is 0 Å². The van der Waals surface area contributed by atoms with Gasteiger partial charge in [0.15, 0.2) is 0 Å². The first-order chi connectivity index (χ1) is 7.71. The van der Waals surface area contributed by atoms with Crippen LogP contribution in [0.3, 0.4) is 0 Å².